The van der Waals surface area contributed by atoms with Gasteiger partial charge in [0, 0.05) is 5.56 Å². The summed E-state index contributed by atoms with van der Waals surface area (Å²) in [6, 6.07) is 19.5. The third-order valence-corrected chi connectivity index (χ3v) is 7.21. The zero-order valence-corrected chi connectivity index (χ0v) is 22.4. The Hall–Kier alpha value is -6.49. The number of carbonyl (C=O) groups is 7. The van der Waals surface area contributed by atoms with Crippen molar-refractivity contribution in [3.05, 3.63) is 136 Å². The van der Waals surface area contributed by atoms with Crippen LogP contribution in [0.5, 0.6) is 0 Å². The number of rotatable bonds is 7. The summed E-state index contributed by atoms with van der Waals surface area (Å²) in [7, 11) is 0. The van der Waals surface area contributed by atoms with Crippen LogP contribution in [0.4, 0.5) is 11.4 Å². The zero-order valence-electron chi connectivity index (χ0n) is 22.4. The van der Waals surface area contributed by atoms with Crippen molar-refractivity contribution in [1.29, 1.82) is 0 Å². The minimum absolute atomic E-state index is 0.0220. The van der Waals surface area contributed by atoms with E-state index in [2.05, 4.69) is 0 Å². The van der Waals surface area contributed by atoms with E-state index in [4.69, 9.17) is 0 Å². The number of ketones is 1. The third-order valence-electron chi connectivity index (χ3n) is 7.21. The lowest BCUT2D eigenvalue weighted by Gasteiger charge is -2.14. The number of aromatic carboxylic acids is 2. The van der Waals surface area contributed by atoms with Crippen LogP contribution in [0.1, 0.15) is 78.1 Å². The maximum Gasteiger partial charge on any atom is 0.335 e. The summed E-state index contributed by atoms with van der Waals surface area (Å²) in [4.78, 5) is 89.5. The highest BCUT2D eigenvalue weighted by molar-refractivity contribution is 6.35. The molecule has 4 amide bonds. The number of benzene rings is 4. The summed E-state index contributed by atoms with van der Waals surface area (Å²) in [5, 5.41) is 18.5. The highest BCUT2D eigenvalue weighted by Gasteiger charge is 2.38. The SMILES string of the molecule is O=C(O)c1ccc2c(c1)C(=O)N(c1cccc(/C=C/C(=O)c3cccc(N4C(=O)c5ccc(C(=O)O)cc5C4=O)c3)c1)C2=O. The fraction of sp³-hybridized carbons (Fsp3) is 0. The van der Waals surface area contributed by atoms with Crippen LogP contribution in [-0.4, -0.2) is 51.6 Å². The fourth-order valence-electron chi connectivity index (χ4n) is 5.05. The molecule has 0 atom stereocenters. The summed E-state index contributed by atoms with van der Waals surface area (Å²) < 4.78 is 0. The van der Waals surface area contributed by atoms with E-state index in [9.17, 15) is 43.8 Å². The van der Waals surface area contributed by atoms with Crippen molar-refractivity contribution < 1.29 is 43.8 Å². The molecule has 0 radical (unpaired) electrons. The summed E-state index contributed by atoms with van der Waals surface area (Å²) in [6.07, 6.45) is 2.72. The maximum atomic E-state index is 13.1. The van der Waals surface area contributed by atoms with Crippen molar-refractivity contribution in [2.24, 2.45) is 0 Å². The van der Waals surface area contributed by atoms with Crippen LogP contribution in [0.2, 0.25) is 0 Å². The number of hydrogen-bond acceptors (Lipinski definition) is 7. The number of fused-ring (bicyclic) bond motifs is 2. The van der Waals surface area contributed by atoms with Gasteiger partial charge in [-0.25, -0.2) is 19.4 Å². The Morgan fingerprint density at radius 2 is 1.00 bits per heavy atom. The van der Waals surface area contributed by atoms with Crippen LogP contribution in [0, 0.1) is 0 Å². The number of hydrogen-bond donors (Lipinski definition) is 2. The predicted molar refractivity (Wildman–Crippen MR) is 155 cm³/mol. The number of carbonyl (C=O) groups excluding carboxylic acids is 5. The first-order valence-electron chi connectivity index (χ1n) is 13.0. The Labute approximate surface area is 247 Å². The monoisotopic (exact) mass is 586 g/mol. The Morgan fingerprint density at radius 1 is 0.523 bits per heavy atom. The van der Waals surface area contributed by atoms with E-state index < -0.39 is 41.4 Å². The molecule has 11 nitrogen and oxygen atoms in total. The molecule has 0 saturated heterocycles. The van der Waals surface area contributed by atoms with E-state index in [1.54, 1.807) is 12.1 Å². The summed E-state index contributed by atoms with van der Waals surface area (Å²) in [5.41, 5.74) is 0.789. The van der Waals surface area contributed by atoms with Crippen molar-refractivity contribution >= 4 is 58.8 Å². The molecule has 0 bridgehead atoms. The number of carboxylic acid groups (broad SMARTS) is 2. The number of anilines is 2. The van der Waals surface area contributed by atoms with E-state index >= 15 is 0 Å². The molecule has 0 spiro atoms. The normalized spacial score (nSPS) is 13.9. The molecule has 2 aliphatic rings. The van der Waals surface area contributed by atoms with Gasteiger partial charge < -0.3 is 10.2 Å². The molecule has 4 aromatic carbocycles. The van der Waals surface area contributed by atoms with E-state index in [1.807, 2.05) is 0 Å². The second kappa shape index (κ2) is 10.4. The average molecular weight is 587 g/mol. The standard InChI is InChI=1S/C33H18N2O9/c36-27(18-4-2-6-22(14-18)35-29(38)24-11-9-20(33(43)44)16-26(24)31(35)40)12-7-17-3-1-5-21(13-17)34-28(37)23-10-8-19(32(41)42)15-25(23)30(34)39/h1-16H,(H,41,42)(H,43,44)/b12-7+. The number of amides is 4. The Balaban J connectivity index is 1.22. The largest absolute Gasteiger partial charge is 0.478 e. The van der Waals surface area contributed by atoms with Gasteiger partial charge in [0.1, 0.15) is 0 Å². The molecule has 0 aromatic heterocycles. The molecule has 11 heteroatoms. The van der Waals surface area contributed by atoms with Gasteiger partial charge in [0.25, 0.3) is 23.6 Å². The van der Waals surface area contributed by atoms with Gasteiger partial charge in [0.2, 0.25) is 0 Å². The molecule has 44 heavy (non-hydrogen) atoms. The molecule has 0 fully saturated rings. The molecular formula is C33H18N2O9. The van der Waals surface area contributed by atoms with Crippen LogP contribution in [0.3, 0.4) is 0 Å². The Morgan fingerprint density at radius 3 is 1.52 bits per heavy atom. The van der Waals surface area contributed by atoms with Crippen molar-refractivity contribution in [3.8, 4) is 0 Å². The molecule has 4 aromatic rings. The first-order chi connectivity index (χ1) is 21.0. The number of allylic oxidation sites excluding steroid dienone is 1. The van der Waals surface area contributed by atoms with Crippen LogP contribution >= 0.6 is 0 Å². The lowest BCUT2D eigenvalue weighted by atomic mass is 10.1. The van der Waals surface area contributed by atoms with Crippen molar-refractivity contribution in [2.75, 3.05) is 9.80 Å². The van der Waals surface area contributed by atoms with Crippen LogP contribution in [-0.2, 0) is 0 Å². The second-order valence-electron chi connectivity index (χ2n) is 9.87. The topological polar surface area (TPSA) is 166 Å². The minimum Gasteiger partial charge on any atom is -0.478 e. The molecule has 6 rings (SSSR count). The molecule has 0 aliphatic carbocycles. The molecule has 2 aliphatic heterocycles. The van der Waals surface area contributed by atoms with Gasteiger partial charge >= 0.3 is 11.9 Å². The summed E-state index contributed by atoms with van der Waals surface area (Å²) in [6.45, 7) is 0. The highest BCUT2D eigenvalue weighted by atomic mass is 16.4. The van der Waals surface area contributed by atoms with Crippen molar-refractivity contribution in [1.82, 2.24) is 0 Å². The quantitative estimate of drug-likeness (QED) is 0.179. The highest BCUT2D eigenvalue weighted by Crippen LogP contribution is 2.31. The first kappa shape index (κ1) is 27.7. The Bertz CT molecular complexity index is 2040. The summed E-state index contributed by atoms with van der Waals surface area (Å²) in [5.74, 6) is -5.58. The molecule has 0 saturated carbocycles. The van der Waals surface area contributed by atoms with Gasteiger partial charge in [-0.2, -0.15) is 0 Å². The molecule has 2 heterocycles. The first-order valence-corrected chi connectivity index (χ1v) is 13.0. The number of imide groups is 2. The fourth-order valence-corrected chi connectivity index (χ4v) is 5.05. The lowest BCUT2D eigenvalue weighted by molar-refractivity contribution is 0.0686. The summed E-state index contributed by atoms with van der Waals surface area (Å²) >= 11 is 0. The van der Waals surface area contributed by atoms with E-state index in [0.717, 1.165) is 21.9 Å². The molecular weight excluding hydrogens is 568 g/mol. The van der Waals surface area contributed by atoms with Gasteiger partial charge in [-0.1, -0.05) is 30.3 Å². The van der Waals surface area contributed by atoms with E-state index in [0.29, 0.717) is 5.56 Å². The van der Waals surface area contributed by atoms with Crippen LogP contribution in [0.15, 0.2) is 91.0 Å². The third kappa shape index (κ3) is 4.54. The van der Waals surface area contributed by atoms with Gasteiger partial charge in [-0.05, 0) is 72.3 Å². The number of nitrogens with zero attached hydrogens (tertiary/aromatic N) is 2. The molecule has 0 unspecified atom stereocenters. The minimum atomic E-state index is -1.24. The van der Waals surface area contributed by atoms with Gasteiger partial charge in [0.15, 0.2) is 5.78 Å². The molecule has 2 N–H and O–H groups in total. The average Bonchev–Trinajstić information content (AvgIpc) is 3.43. The van der Waals surface area contributed by atoms with Gasteiger partial charge in [-0.3, -0.25) is 24.0 Å². The zero-order chi connectivity index (χ0) is 31.3. The predicted octanol–water partition coefficient (Wildman–Crippen LogP) is 4.58. The smallest absolute Gasteiger partial charge is 0.335 e. The van der Waals surface area contributed by atoms with Gasteiger partial charge in [0.05, 0.1) is 44.8 Å². The van der Waals surface area contributed by atoms with Crippen molar-refractivity contribution in [2.45, 2.75) is 0 Å². The van der Waals surface area contributed by atoms with E-state index in [-0.39, 0.29) is 50.3 Å². The van der Waals surface area contributed by atoms with E-state index in [1.165, 1.54) is 72.8 Å². The van der Waals surface area contributed by atoms with Crippen LogP contribution < -0.4 is 9.80 Å². The Kier molecular flexibility index (Phi) is 6.54. The number of carboxylic acids is 2. The molecule has 214 valence electrons. The maximum absolute atomic E-state index is 13.1. The van der Waals surface area contributed by atoms with Gasteiger partial charge in [-0.15, -0.1) is 0 Å². The lowest BCUT2D eigenvalue weighted by Crippen LogP contribution is -2.29. The van der Waals surface area contributed by atoms with Crippen molar-refractivity contribution in [3.63, 3.8) is 0 Å². The second-order valence-corrected chi connectivity index (χ2v) is 9.87. The van der Waals surface area contributed by atoms with Crippen LogP contribution in [0.25, 0.3) is 6.08 Å².